The molecule has 1 fully saturated rings. The minimum absolute atomic E-state index is 0.0567. The molecule has 0 bridgehead atoms. The largest absolute Gasteiger partial charge is 0.489 e. The molecule has 9 heteroatoms. The number of ether oxygens (including phenoxy) is 2. The van der Waals surface area contributed by atoms with Crippen molar-refractivity contribution >= 4 is 33.9 Å². The molecule has 0 radical (unpaired) electrons. The van der Waals surface area contributed by atoms with Crippen LogP contribution in [0.2, 0.25) is 0 Å². The third-order valence-corrected chi connectivity index (χ3v) is 7.53. The first kappa shape index (κ1) is 25.3. The number of likely N-dealkylation sites (tertiary alicyclic amines) is 1. The van der Waals surface area contributed by atoms with Gasteiger partial charge in [0.15, 0.2) is 5.82 Å². The van der Waals surface area contributed by atoms with E-state index >= 15 is 0 Å². The lowest BCUT2D eigenvalue weighted by Gasteiger charge is -2.33. The molecule has 2 aliphatic rings. The van der Waals surface area contributed by atoms with E-state index in [1.807, 2.05) is 63.1 Å². The number of hydrogen-bond acceptors (Lipinski definition) is 5. The molecule has 2 aromatic carbocycles. The lowest BCUT2D eigenvalue weighted by Crippen LogP contribution is -2.50. The van der Waals surface area contributed by atoms with Crippen molar-refractivity contribution < 1.29 is 19.1 Å². The zero-order chi connectivity index (χ0) is 27.5. The average Bonchev–Trinajstić information content (AvgIpc) is 3.43. The molecule has 0 aliphatic carbocycles. The molecule has 1 unspecified atom stereocenters. The Kier molecular flexibility index (Phi) is 6.04. The summed E-state index contributed by atoms with van der Waals surface area (Å²) in [4.78, 5) is 32.6. The standard InChI is InChI=1S/C30H35N5O4/c1-18-17-38-25-10-6-8-19-15-24(35(18)26(19)25)27-32-22-14-20(11-12-23(22)33(27)5)28(36)34-13-7-9-21(16-34)31-29(37)39-30(2,3)4/h6,8,10-12,14-15,18,21H,7,9,13,16-17H2,1-5H3,(H,31,37)/t18?,21-/m1/s1. The summed E-state index contributed by atoms with van der Waals surface area (Å²) in [7, 11) is 2.01. The number of alkyl carbamates (subject to hydrolysis) is 1. The fourth-order valence-corrected chi connectivity index (χ4v) is 5.78. The van der Waals surface area contributed by atoms with Crippen LogP contribution in [0.1, 0.15) is 56.9 Å². The Morgan fingerprint density at radius 2 is 1.97 bits per heavy atom. The van der Waals surface area contributed by atoms with Gasteiger partial charge in [-0.1, -0.05) is 12.1 Å². The van der Waals surface area contributed by atoms with Crippen LogP contribution in [0, 0.1) is 0 Å². The molecule has 2 amide bonds. The number of amides is 2. The van der Waals surface area contributed by atoms with Gasteiger partial charge in [-0.2, -0.15) is 0 Å². The number of carbonyl (C=O) groups is 2. The molecule has 0 spiro atoms. The van der Waals surface area contributed by atoms with E-state index in [0.717, 1.165) is 52.0 Å². The predicted molar refractivity (Wildman–Crippen MR) is 150 cm³/mol. The van der Waals surface area contributed by atoms with Crippen molar-refractivity contribution in [2.24, 2.45) is 7.05 Å². The summed E-state index contributed by atoms with van der Waals surface area (Å²) in [6.07, 6.45) is 1.18. The van der Waals surface area contributed by atoms with Crippen LogP contribution in [0.15, 0.2) is 42.5 Å². The molecular formula is C30H35N5O4. The van der Waals surface area contributed by atoms with Gasteiger partial charge in [0.1, 0.15) is 18.0 Å². The van der Waals surface area contributed by atoms with E-state index < -0.39 is 11.7 Å². The summed E-state index contributed by atoms with van der Waals surface area (Å²) in [5.41, 5.74) is 3.89. The second-order valence-corrected chi connectivity index (χ2v) is 11.7. The van der Waals surface area contributed by atoms with E-state index in [-0.39, 0.29) is 18.0 Å². The molecule has 1 N–H and O–H groups in total. The molecule has 2 aromatic heterocycles. The number of carbonyl (C=O) groups excluding carboxylic acids is 2. The fourth-order valence-electron chi connectivity index (χ4n) is 5.78. The highest BCUT2D eigenvalue weighted by Gasteiger charge is 2.29. The topological polar surface area (TPSA) is 90.6 Å². The molecule has 2 aliphatic heterocycles. The van der Waals surface area contributed by atoms with Crippen LogP contribution in [0.5, 0.6) is 5.75 Å². The maximum atomic E-state index is 13.5. The molecule has 204 valence electrons. The van der Waals surface area contributed by atoms with Crippen LogP contribution >= 0.6 is 0 Å². The number of para-hydroxylation sites is 1. The summed E-state index contributed by atoms with van der Waals surface area (Å²) in [5, 5.41) is 4.04. The van der Waals surface area contributed by atoms with Gasteiger partial charge in [0, 0.05) is 37.1 Å². The Bertz CT molecular complexity index is 1590. The SMILES string of the molecule is CC1COc2cccc3cc(-c4nc5cc(C(=O)N6CCC[C@@H](NC(=O)OC(C)(C)C)C6)ccc5n4C)n1c23. The number of aromatic nitrogens is 3. The Hall–Kier alpha value is -4.01. The third-order valence-electron chi connectivity index (χ3n) is 7.53. The van der Waals surface area contributed by atoms with Gasteiger partial charge in [-0.05, 0) is 70.9 Å². The summed E-state index contributed by atoms with van der Waals surface area (Å²) in [6, 6.07) is 14.0. The molecule has 6 rings (SSSR count). The van der Waals surface area contributed by atoms with Crippen LogP contribution < -0.4 is 10.1 Å². The Morgan fingerprint density at radius 3 is 2.77 bits per heavy atom. The second kappa shape index (κ2) is 9.32. The van der Waals surface area contributed by atoms with E-state index in [1.54, 1.807) is 0 Å². The third kappa shape index (κ3) is 4.60. The van der Waals surface area contributed by atoms with E-state index in [1.165, 1.54) is 0 Å². The van der Waals surface area contributed by atoms with Gasteiger partial charge in [-0.25, -0.2) is 9.78 Å². The first-order valence-electron chi connectivity index (χ1n) is 13.6. The number of benzene rings is 2. The highest BCUT2D eigenvalue weighted by molar-refractivity contribution is 5.98. The summed E-state index contributed by atoms with van der Waals surface area (Å²) >= 11 is 0. The normalized spacial score (nSPS) is 19.3. The monoisotopic (exact) mass is 529 g/mol. The average molecular weight is 530 g/mol. The summed E-state index contributed by atoms with van der Waals surface area (Å²) in [6.45, 7) is 9.37. The number of piperidine rings is 1. The van der Waals surface area contributed by atoms with E-state index in [4.69, 9.17) is 14.5 Å². The lowest BCUT2D eigenvalue weighted by molar-refractivity contribution is 0.0452. The number of hydrogen-bond donors (Lipinski definition) is 1. The van der Waals surface area contributed by atoms with Crippen molar-refractivity contribution in [3.8, 4) is 17.3 Å². The zero-order valence-corrected chi connectivity index (χ0v) is 23.2. The fraction of sp³-hybridized carbons (Fsp3) is 0.433. The quantitative estimate of drug-likeness (QED) is 0.390. The van der Waals surface area contributed by atoms with Crippen molar-refractivity contribution in [3.63, 3.8) is 0 Å². The Morgan fingerprint density at radius 1 is 1.15 bits per heavy atom. The highest BCUT2D eigenvalue weighted by atomic mass is 16.6. The van der Waals surface area contributed by atoms with Crippen molar-refractivity contribution in [1.82, 2.24) is 24.3 Å². The lowest BCUT2D eigenvalue weighted by atomic mass is 10.0. The number of rotatable bonds is 3. The molecule has 39 heavy (non-hydrogen) atoms. The maximum absolute atomic E-state index is 13.5. The Labute approximate surface area is 227 Å². The highest BCUT2D eigenvalue weighted by Crippen LogP contribution is 2.39. The van der Waals surface area contributed by atoms with E-state index in [0.29, 0.717) is 25.3 Å². The zero-order valence-electron chi connectivity index (χ0n) is 23.2. The molecule has 4 heterocycles. The minimum Gasteiger partial charge on any atom is -0.489 e. The van der Waals surface area contributed by atoms with Crippen LogP contribution in [0.3, 0.4) is 0 Å². The van der Waals surface area contributed by atoms with Gasteiger partial charge in [0.2, 0.25) is 0 Å². The van der Waals surface area contributed by atoms with Crippen molar-refractivity contribution in [1.29, 1.82) is 0 Å². The summed E-state index contributed by atoms with van der Waals surface area (Å²) in [5.74, 6) is 1.69. The maximum Gasteiger partial charge on any atom is 0.407 e. The smallest absolute Gasteiger partial charge is 0.407 e. The molecule has 4 aromatic rings. The van der Waals surface area contributed by atoms with E-state index in [2.05, 4.69) is 33.5 Å². The number of fused-ring (bicyclic) bond motifs is 1. The van der Waals surface area contributed by atoms with Crippen LogP contribution in [-0.4, -0.2) is 62.4 Å². The predicted octanol–water partition coefficient (Wildman–Crippen LogP) is 5.28. The Balaban J connectivity index is 1.27. The van der Waals surface area contributed by atoms with Gasteiger partial charge in [-0.3, -0.25) is 4.79 Å². The summed E-state index contributed by atoms with van der Waals surface area (Å²) < 4.78 is 15.8. The first-order valence-corrected chi connectivity index (χ1v) is 13.6. The molecule has 0 saturated carbocycles. The number of nitrogens with zero attached hydrogens (tertiary/aromatic N) is 4. The first-order chi connectivity index (χ1) is 18.6. The molecular weight excluding hydrogens is 494 g/mol. The van der Waals surface area contributed by atoms with E-state index in [9.17, 15) is 9.59 Å². The van der Waals surface area contributed by atoms with Crippen molar-refractivity contribution in [2.45, 2.75) is 58.2 Å². The minimum atomic E-state index is -0.565. The van der Waals surface area contributed by atoms with Crippen molar-refractivity contribution in [2.75, 3.05) is 19.7 Å². The van der Waals surface area contributed by atoms with Crippen LogP contribution in [0.25, 0.3) is 33.5 Å². The molecule has 9 nitrogen and oxygen atoms in total. The second-order valence-electron chi connectivity index (χ2n) is 11.7. The van der Waals surface area contributed by atoms with Gasteiger partial charge in [0.25, 0.3) is 5.91 Å². The van der Waals surface area contributed by atoms with Gasteiger partial charge < -0.3 is 28.8 Å². The molecule has 1 saturated heterocycles. The van der Waals surface area contributed by atoms with Gasteiger partial charge in [-0.15, -0.1) is 0 Å². The number of aryl methyl sites for hydroxylation is 1. The number of imidazole rings is 1. The van der Waals surface area contributed by atoms with Crippen molar-refractivity contribution in [3.05, 3.63) is 48.0 Å². The van der Waals surface area contributed by atoms with Gasteiger partial charge >= 0.3 is 6.09 Å². The van der Waals surface area contributed by atoms with Gasteiger partial charge in [0.05, 0.1) is 28.3 Å². The molecule has 2 atom stereocenters. The number of nitrogens with one attached hydrogen (secondary N) is 1. The van der Waals surface area contributed by atoms with Crippen LogP contribution in [0.4, 0.5) is 4.79 Å². The van der Waals surface area contributed by atoms with Crippen LogP contribution in [-0.2, 0) is 11.8 Å².